The number of hydrogen-bond acceptors (Lipinski definition) is 8. The minimum atomic E-state index is -5.08. The molecule has 11 nitrogen and oxygen atoms in total. The number of nitrogens with one attached hydrogen (secondary N) is 1. The Balaban J connectivity index is 0.000000459. The van der Waals surface area contributed by atoms with E-state index >= 15 is 0 Å². The number of carbonyl (C=O) groups is 3. The first kappa shape index (κ1) is 37.0. The van der Waals surface area contributed by atoms with Crippen LogP contribution in [0.4, 0.5) is 32.0 Å². The minimum absolute atomic E-state index is 0.308. The van der Waals surface area contributed by atoms with Gasteiger partial charge in [-0.15, -0.1) is 0 Å². The fourth-order valence-electron chi connectivity index (χ4n) is 3.76. The second-order valence-electron chi connectivity index (χ2n) is 9.10. The molecule has 1 heterocycles. The first-order chi connectivity index (χ1) is 21.9. The van der Waals surface area contributed by atoms with E-state index < -0.39 is 24.3 Å². The number of hydrogen-bond donors (Lipinski definition) is 5. The number of amides is 1. The maximum atomic E-state index is 13.1. The summed E-state index contributed by atoms with van der Waals surface area (Å²) in [6, 6.07) is 20.3. The van der Waals surface area contributed by atoms with Gasteiger partial charge in [0.25, 0.3) is 5.91 Å². The smallest absolute Gasteiger partial charge is 0.475 e. The highest BCUT2D eigenvalue weighted by Gasteiger charge is 2.38. The summed E-state index contributed by atoms with van der Waals surface area (Å²) in [5, 5.41) is 38.8. The normalized spacial score (nSPS) is 13.6. The van der Waals surface area contributed by atoms with Crippen LogP contribution in [-0.4, -0.2) is 56.3 Å². The fourth-order valence-corrected chi connectivity index (χ4v) is 3.76. The number of alkyl halides is 6. The molecule has 17 heteroatoms. The SMILES string of the molecule is CC1=C(N)C(=NO)CC=C1c1ncccc1C(=O)Nc1ccc(-c2ccccc2C#N)cc1.O=C(O)C(F)(F)F.O=C(O)C(F)(F)F. The molecule has 0 spiro atoms. The molecule has 0 bridgehead atoms. The Kier molecular flexibility index (Phi) is 12.4. The third-order valence-corrected chi connectivity index (χ3v) is 6.03. The minimum Gasteiger partial charge on any atom is -0.475 e. The summed E-state index contributed by atoms with van der Waals surface area (Å²) in [4.78, 5) is 35.3. The number of allylic oxidation sites excluding steroid dienone is 4. The average molecular weight is 664 g/mol. The zero-order valence-corrected chi connectivity index (χ0v) is 23.9. The van der Waals surface area contributed by atoms with Crippen molar-refractivity contribution >= 4 is 34.8 Å². The van der Waals surface area contributed by atoms with Gasteiger partial charge >= 0.3 is 24.3 Å². The Morgan fingerprint density at radius 3 is 2.00 bits per heavy atom. The molecule has 0 aliphatic heterocycles. The lowest BCUT2D eigenvalue weighted by Gasteiger charge is -2.19. The molecule has 1 aliphatic carbocycles. The van der Waals surface area contributed by atoms with Crippen LogP contribution in [0.25, 0.3) is 16.7 Å². The van der Waals surface area contributed by atoms with Gasteiger partial charge in [0.1, 0.15) is 5.71 Å². The van der Waals surface area contributed by atoms with Crippen LogP contribution in [0.15, 0.2) is 89.4 Å². The second-order valence-corrected chi connectivity index (χ2v) is 9.10. The second kappa shape index (κ2) is 15.7. The van der Waals surface area contributed by atoms with Gasteiger partial charge in [0, 0.05) is 23.9 Å². The molecule has 47 heavy (non-hydrogen) atoms. The van der Waals surface area contributed by atoms with Crippen molar-refractivity contribution in [2.75, 3.05) is 5.32 Å². The Labute approximate surface area is 261 Å². The van der Waals surface area contributed by atoms with Crippen LogP contribution in [0.1, 0.15) is 35.0 Å². The predicted octanol–water partition coefficient (Wildman–Crippen LogP) is 5.99. The first-order valence-corrected chi connectivity index (χ1v) is 12.8. The number of pyridine rings is 1. The van der Waals surface area contributed by atoms with E-state index in [0.29, 0.717) is 45.9 Å². The van der Waals surface area contributed by atoms with Crippen molar-refractivity contribution in [3.8, 4) is 17.2 Å². The van der Waals surface area contributed by atoms with E-state index in [1.54, 1.807) is 43.5 Å². The lowest BCUT2D eigenvalue weighted by molar-refractivity contribution is -0.193. The van der Waals surface area contributed by atoms with Crippen LogP contribution in [-0.2, 0) is 9.59 Å². The summed E-state index contributed by atoms with van der Waals surface area (Å²) in [6.45, 7) is 1.81. The number of nitrogens with two attached hydrogens (primary N) is 1. The van der Waals surface area contributed by atoms with Crippen molar-refractivity contribution in [1.29, 1.82) is 5.26 Å². The third-order valence-electron chi connectivity index (χ3n) is 6.03. The largest absolute Gasteiger partial charge is 0.490 e. The Hall–Kier alpha value is -6.18. The Morgan fingerprint density at radius 2 is 1.49 bits per heavy atom. The maximum absolute atomic E-state index is 13.1. The van der Waals surface area contributed by atoms with Crippen molar-refractivity contribution < 1.29 is 56.1 Å². The third kappa shape index (κ3) is 10.2. The van der Waals surface area contributed by atoms with E-state index in [9.17, 15) is 36.4 Å². The molecule has 4 rings (SSSR count). The van der Waals surface area contributed by atoms with Crippen molar-refractivity contribution in [1.82, 2.24) is 4.98 Å². The standard InChI is InChI=1S/C26H21N5O2.2C2HF3O2/c1-16-20(12-13-23(31-33)24(16)28)25-22(7-4-14-29-25)26(32)30-19-10-8-17(9-11-19)21-6-3-2-5-18(21)15-27;2*3-2(4,5)1(6)7/h2-12,14,33H,13,28H2,1H3,(H,30,32);2*(H,6,7). The Morgan fingerprint density at radius 1 is 0.936 bits per heavy atom. The molecule has 1 amide bonds. The van der Waals surface area contributed by atoms with E-state index in [4.69, 9.17) is 30.7 Å². The number of carboxylic acid groups (broad SMARTS) is 2. The lowest BCUT2D eigenvalue weighted by atomic mass is 9.90. The van der Waals surface area contributed by atoms with E-state index in [0.717, 1.165) is 16.7 Å². The van der Waals surface area contributed by atoms with Crippen LogP contribution >= 0.6 is 0 Å². The molecule has 1 aliphatic rings. The number of carboxylic acids is 2. The van der Waals surface area contributed by atoms with Crippen molar-refractivity contribution in [3.05, 3.63) is 101 Å². The number of carbonyl (C=O) groups excluding carboxylic acids is 1. The highest BCUT2D eigenvalue weighted by atomic mass is 19.4. The van der Waals surface area contributed by atoms with Crippen molar-refractivity contribution in [2.24, 2.45) is 10.9 Å². The van der Waals surface area contributed by atoms with Crippen LogP contribution in [0.5, 0.6) is 0 Å². The molecule has 2 aromatic carbocycles. The van der Waals surface area contributed by atoms with E-state index in [2.05, 4.69) is 21.5 Å². The number of aliphatic carboxylic acids is 2. The number of nitriles is 1. The van der Waals surface area contributed by atoms with Crippen LogP contribution in [0, 0.1) is 11.3 Å². The predicted molar refractivity (Wildman–Crippen MR) is 155 cm³/mol. The average Bonchev–Trinajstić information content (AvgIpc) is 3.02. The number of oxime groups is 1. The zero-order chi connectivity index (χ0) is 35.5. The molecule has 0 saturated carbocycles. The summed E-state index contributed by atoms with van der Waals surface area (Å²) in [5.74, 6) is -5.82. The summed E-state index contributed by atoms with van der Waals surface area (Å²) < 4.78 is 63.5. The van der Waals surface area contributed by atoms with Gasteiger partial charge in [-0.25, -0.2) is 9.59 Å². The van der Waals surface area contributed by atoms with Gasteiger partial charge < -0.3 is 26.5 Å². The van der Waals surface area contributed by atoms with Gasteiger partial charge in [0.15, 0.2) is 0 Å². The monoisotopic (exact) mass is 663 g/mol. The molecule has 0 unspecified atom stereocenters. The quantitative estimate of drug-likeness (QED) is 0.126. The van der Waals surface area contributed by atoms with Gasteiger partial charge in [-0.05, 0) is 54.0 Å². The number of benzene rings is 2. The molecular formula is C30H23F6N5O6. The van der Waals surface area contributed by atoms with Gasteiger partial charge in [-0.2, -0.15) is 31.6 Å². The highest BCUT2D eigenvalue weighted by molar-refractivity contribution is 6.11. The van der Waals surface area contributed by atoms with Gasteiger partial charge in [-0.1, -0.05) is 41.6 Å². The maximum Gasteiger partial charge on any atom is 0.490 e. The molecule has 1 aromatic heterocycles. The van der Waals surface area contributed by atoms with Gasteiger partial charge in [-0.3, -0.25) is 9.78 Å². The molecule has 246 valence electrons. The number of rotatable bonds is 4. The first-order valence-electron chi connectivity index (χ1n) is 12.8. The summed E-state index contributed by atoms with van der Waals surface area (Å²) in [5.41, 5.74) is 12.1. The molecule has 3 aromatic rings. The summed E-state index contributed by atoms with van der Waals surface area (Å²) in [7, 11) is 0. The molecule has 0 radical (unpaired) electrons. The zero-order valence-electron chi connectivity index (χ0n) is 23.9. The molecule has 0 atom stereocenters. The van der Waals surface area contributed by atoms with Crippen molar-refractivity contribution in [2.45, 2.75) is 25.7 Å². The topological polar surface area (TPSA) is 199 Å². The number of nitrogens with zero attached hydrogens (tertiary/aromatic N) is 3. The highest BCUT2D eigenvalue weighted by Crippen LogP contribution is 2.31. The molecule has 0 fully saturated rings. The number of halogens is 6. The Bertz CT molecular complexity index is 1750. The number of aromatic nitrogens is 1. The van der Waals surface area contributed by atoms with Gasteiger partial charge in [0.05, 0.1) is 28.6 Å². The van der Waals surface area contributed by atoms with Gasteiger partial charge in [0.2, 0.25) is 0 Å². The van der Waals surface area contributed by atoms with Crippen LogP contribution in [0.2, 0.25) is 0 Å². The van der Waals surface area contributed by atoms with E-state index in [1.165, 1.54) is 0 Å². The van der Waals surface area contributed by atoms with Crippen LogP contribution in [0.3, 0.4) is 0 Å². The summed E-state index contributed by atoms with van der Waals surface area (Å²) in [6.07, 6.45) is -6.35. The molecule has 6 N–H and O–H groups in total. The fraction of sp³-hybridized carbons (Fsp3) is 0.133. The molecule has 0 saturated heterocycles. The van der Waals surface area contributed by atoms with E-state index in [1.807, 2.05) is 36.4 Å². The van der Waals surface area contributed by atoms with E-state index in [-0.39, 0.29) is 5.91 Å². The lowest BCUT2D eigenvalue weighted by Crippen LogP contribution is -2.21. The number of anilines is 1. The molecular weight excluding hydrogens is 640 g/mol. The van der Waals surface area contributed by atoms with Crippen LogP contribution < -0.4 is 11.1 Å². The summed E-state index contributed by atoms with van der Waals surface area (Å²) >= 11 is 0. The van der Waals surface area contributed by atoms with Crippen molar-refractivity contribution in [3.63, 3.8) is 0 Å².